The van der Waals surface area contributed by atoms with Crippen molar-refractivity contribution in [3.05, 3.63) is 89.9 Å². The number of carbonyl (C=O) groups excluding carboxylic acids is 1. The minimum atomic E-state index is -0.252. The molecule has 1 heterocycles. The molecule has 3 aromatic rings. The van der Waals surface area contributed by atoms with E-state index in [9.17, 15) is 9.18 Å². The maximum atomic E-state index is 12.9. The van der Waals surface area contributed by atoms with Crippen molar-refractivity contribution >= 4 is 17.4 Å². The number of halogens is 1. The van der Waals surface area contributed by atoms with Gasteiger partial charge in [0.25, 0.3) is 0 Å². The average Bonchev–Trinajstić information content (AvgIpc) is 2.63. The van der Waals surface area contributed by atoms with E-state index in [1.165, 1.54) is 12.1 Å². The molecule has 0 bridgehead atoms. The van der Waals surface area contributed by atoms with Crippen LogP contribution in [0.25, 0.3) is 0 Å². The zero-order chi connectivity index (χ0) is 17.5. The third-order valence-corrected chi connectivity index (χ3v) is 3.64. The molecule has 1 amide bonds. The maximum absolute atomic E-state index is 12.9. The number of nitrogens with zero attached hydrogens (tertiary/aromatic N) is 1. The van der Waals surface area contributed by atoms with Crippen molar-refractivity contribution in [2.45, 2.75) is 13.0 Å². The lowest BCUT2D eigenvalue weighted by Crippen LogP contribution is -2.14. The van der Waals surface area contributed by atoms with Gasteiger partial charge in [-0.05, 0) is 35.4 Å². The molecular weight excluding hydrogens is 317 g/mol. The Kier molecular flexibility index (Phi) is 5.36. The van der Waals surface area contributed by atoms with Crippen LogP contribution < -0.4 is 10.6 Å². The Morgan fingerprint density at radius 2 is 1.68 bits per heavy atom. The van der Waals surface area contributed by atoms with E-state index in [0.29, 0.717) is 24.5 Å². The molecule has 4 nitrogen and oxygen atoms in total. The fraction of sp³-hybridized carbons (Fsp3) is 0.100. The summed E-state index contributed by atoms with van der Waals surface area (Å²) >= 11 is 0. The second kappa shape index (κ2) is 8.06. The van der Waals surface area contributed by atoms with Crippen LogP contribution in [0.5, 0.6) is 0 Å². The number of benzene rings is 2. The van der Waals surface area contributed by atoms with Gasteiger partial charge in [0.05, 0.1) is 18.3 Å². The van der Waals surface area contributed by atoms with Gasteiger partial charge in [-0.3, -0.25) is 4.79 Å². The minimum absolute atomic E-state index is 0.0833. The van der Waals surface area contributed by atoms with Crippen LogP contribution in [0.1, 0.15) is 11.1 Å². The molecule has 0 fully saturated rings. The number of hydrogen-bond acceptors (Lipinski definition) is 3. The molecule has 0 saturated carbocycles. The third kappa shape index (κ3) is 5.14. The first-order chi connectivity index (χ1) is 12.2. The van der Waals surface area contributed by atoms with Gasteiger partial charge in [0.1, 0.15) is 11.6 Å². The smallest absolute Gasteiger partial charge is 0.228 e. The SMILES string of the molecule is O=C(Cc1ccccc1)Nc1ccc(NCc2ccc(F)cc2)nc1. The van der Waals surface area contributed by atoms with E-state index in [0.717, 1.165) is 11.1 Å². The van der Waals surface area contributed by atoms with Crippen LogP contribution >= 0.6 is 0 Å². The molecule has 0 atom stereocenters. The molecule has 0 aliphatic carbocycles. The molecule has 0 saturated heterocycles. The summed E-state index contributed by atoms with van der Waals surface area (Å²) in [4.78, 5) is 16.3. The highest BCUT2D eigenvalue weighted by Crippen LogP contribution is 2.12. The van der Waals surface area contributed by atoms with Gasteiger partial charge in [0.2, 0.25) is 5.91 Å². The summed E-state index contributed by atoms with van der Waals surface area (Å²) in [6.45, 7) is 0.549. The van der Waals surface area contributed by atoms with Crippen LogP contribution in [-0.2, 0) is 17.8 Å². The van der Waals surface area contributed by atoms with E-state index in [4.69, 9.17) is 0 Å². The molecule has 0 unspecified atom stereocenters. The maximum Gasteiger partial charge on any atom is 0.228 e. The van der Waals surface area contributed by atoms with E-state index in [2.05, 4.69) is 15.6 Å². The minimum Gasteiger partial charge on any atom is -0.366 e. The van der Waals surface area contributed by atoms with Gasteiger partial charge in [0, 0.05) is 6.54 Å². The quantitative estimate of drug-likeness (QED) is 0.715. The zero-order valence-electron chi connectivity index (χ0n) is 13.6. The highest BCUT2D eigenvalue weighted by molar-refractivity contribution is 5.92. The Hall–Kier alpha value is -3.21. The standard InChI is InChI=1S/C20H18FN3O/c21-17-8-6-16(7-9-17)13-22-19-11-10-18(14-23-19)24-20(25)12-15-4-2-1-3-5-15/h1-11,14H,12-13H2,(H,22,23)(H,24,25). The Bertz CT molecular complexity index is 818. The van der Waals surface area contributed by atoms with Crippen molar-refractivity contribution in [1.82, 2.24) is 4.98 Å². The van der Waals surface area contributed by atoms with E-state index < -0.39 is 0 Å². The fourth-order valence-corrected chi connectivity index (χ4v) is 2.35. The lowest BCUT2D eigenvalue weighted by Gasteiger charge is -2.08. The van der Waals surface area contributed by atoms with Crippen LogP contribution in [-0.4, -0.2) is 10.9 Å². The summed E-state index contributed by atoms with van der Waals surface area (Å²) in [5.41, 5.74) is 2.57. The molecule has 25 heavy (non-hydrogen) atoms. The lowest BCUT2D eigenvalue weighted by molar-refractivity contribution is -0.115. The van der Waals surface area contributed by atoms with E-state index in [1.807, 2.05) is 30.3 Å². The monoisotopic (exact) mass is 335 g/mol. The first kappa shape index (κ1) is 16.6. The predicted octanol–water partition coefficient (Wildman–Crippen LogP) is 4.01. The van der Waals surface area contributed by atoms with Gasteiger partial charge in [-0.2, -0.15) is 0 Å². The molecule has 5 heteroatoms. The molecule has 126 valence electrons. The largest absolute Gasteiger partial charge is 0.366 e. The molecule has 0 radical (unpaired) electrons. The molecule has 2 aromatic carbocycles. The summed E-state index contributed by atoms with van der Waals surface area (Å²) in [6.07, 6.45) is 1.93. The molecule has 0 spiro atoms. The molecule has 2 N–H and O–H groups in total. The summed E-state index contributed by atoms with van der Waals surface area (Å²) in [5.74, 6) is 0.350. The first-order valence-electron chi connectivity index (χ1n) is 7.97. The van der Waals surface area contributed by atoms with Crippen molar-refractivity contribution < 1.29 is 9.18 Å². The second-order valence-electron chi connectivity index (χ2n) is 5.62. The highest BCUT2D eigenvalue weighted by atomic mass is 19.1. The number of carbonyl (C=O) groups is 1. The van der Waals surface area contributed by atoms with Crippen molar-refractivity contribution in [3.63, 3.8) is 0 Å². The lowest BCUT2D eigenvalue weighted by atomic mass is 10.1. The van der Waals surface area contributed by atoms with Crippen molar-refractivity contribution in [3.8, 4) is 0 Å². The molecule has 3 rings (SSSR count). The molecular formula is C20H18FN3O. The van der Waals surface area contributed by atoms with Gasteiger partial charge in [-0.25, -0.2) is 9.37 Å². The van der Waals surface area contributed by atoms with Crippen molar-refractivity contribution in [2.24, 2.45) is 0 Å². The molecule has 1 aromatic heterocycles. The van der Waals surface area contributed by atoms with Crippen LogP contribution in [0, 0.1) is 5.82 Å². The summed E-state index contributed by atoms with van der Waals surface area (Å²) in [6, 6.07) is 19.5. The van der Waals surface area contributed by atoms with Crippen molar-refractivity contribution in [1.29, 1.82) is 0 Å². The van der Waals surface area contributed by atoms with Gasteiger partial charge in [-0.1, -0.05) is 42.5 Å². The van der Waals surface area contributed by atoms with Crippen LogP contribution in [0.2, 0.25) is 0 Å². The summed E-state index contributed by atoms with van der Waals surface area (Å²) in [5, 5.41) is 5.98. The third-order valence-electron chi connectivity index (χ3n) is 3.64. The van der Waals surface area contributed by atoms with E-state index in [1.54, 1.807) is 30.5 Å². The highest BCUT2D eigenvalue weighted by Gasteiger charge is 2.04. The molecule has 0 aliphatic rings. The number of amides is 1. The normalized spacial score (nSPS) is 10.3. The number of hydrogen-bond donors (Lipinski definition) is 2. The van der Waals surface area contributed by atoms with Gasteiger partial charge < -0.3 is 10.6 Å². The Balaban J connectivity index is 1.51. The van der Waals surface area contributed by atoms with Gasteiger partial charge in [0.15, 0.2) is 0 Å². The Labute approximate surface area is 145 Å². The van der Waals surface area contributed by atoms with E-state index in [-0.39, 0.29) is 11.7 Å². The Morgan fingerprint density at radius 1 is 0.920 bits per heavy atom. The van der Waals surface area contributed by atoms with Crippen LogP contribution in [0.3, 0.4) is 0 Å². The van der Waals surface area contributed by atoms with Gasteiger partial charge >= 0.3 is 0 Å². The van der Waals surface area contributed by atoms with Crippen LogP contribution in [0.15, 0.2) is 72.9 Å². The Morgan fingerprint density at radius 3 is 2.36 bits per heavy atom. The predicted molar refractivity (Wildman–Crippen MR) is 96.7 cm³/mol. The number of pyridine rings is 1. The van der Waals surface area contributed by atoms with Crippen LogP contribution in [0.4, 0.5) is 15.9 Å². The topological polar surface area (TPSA) is 54.0 Å². The molecule has 0 aliphatic heterocycles. The number of rotatable bonds is 6. The second-order valence-corrected chi connectivity index (χ2v) is 5.62. The van der Waals surface area contributed by atoms with E-state index >= 15 is 0 Å². The number of aromatic nitrogens is 1. The summed E-state index contributed by atoms with van der Waals surface area (Å²) in [7, 11) is 0. The van der Waals surface area contributed by atoms with Gasteiger partial charge in [-0.15, -0.1) is 0 Å². The summed E-state index contributed by atoms with van der Waals surface area (Å²) < 4.78 is 12.9. The fourth-order valence-electron chi connectivity index (χ4n) is 2.35. The average molecular weight is 335 g/mol. The first-order valence-corrected chi connectivity index (χ1v) is 7.97. The number of anilines is 2. The number of nitrogens with one attached hydrogen (secondary N) is 2. The van der Waals surface area contributed by atoms with Crippen molar-refractivity contribution in [2.75, 3.05) is 10.6 Å². The zero-order valence-corrected chi connectivity index (χ0v) is 13.6.